The topological polar surface area (TPSA) is 70.8 Å². The van der Waals surface area contributed by atoms with E-state index in [1.165, 1.54) is 11.2 Å². The summed E-state index contributed by atoms with van der Waals surface area (Å²) in [6, 6.07) is 7.06. The first-order chi connectivity index (χ1) is 9.54. The SMILES string of the molecule is CCC(C)N(CC(=O)O)C(=O)c1coc2ccccc12. The zero-order valence-electron chi connectivity index (χ0n) is 11.5. The molecule has 1 aromatic heterocycles. The van der Waals surface area contributed by atoms with E-state index in [1.54, 1.807) is 12.1 Å². The standard InChI is InChI=1S/C15H17NO4/c1-3-10(2)16(8-14(17)18)15(19)12-9-20-13-7-5-4-6-11(12)13/h4-7,9-10H,3,8H2,1-2H3,(H,17,18). The van der Waals surface area contributed by atoms with Gasteiger partial charge in [-0.2, -0.15) is 0 Å². The molecule has 106 valence electrons. The van der Waals surface area contributed by atoms with E-state index >= 15 is 0 Å². The zero-order valence-corrected chi connectivity index (χ0v) is 11.5. The molecule has 0 fully saturated rings. The molecule has 1 unspecified atom stereocenters. The van der Waals surface area contributed by atoms with Crippen LogP contribution in [0.5, 0.6) is 0 Å². The number of benzene rings is 1. The summed E-state index contributed by atoms with van der Waals surface area (Å²) in [7, 11) is 0. The second kappa shape index (κ2) is 5.77. The van der Waals surface area contributed by atoms with Crippen molar-refractivity contribution in [3.05, 3.63) is 36.1 Å². The van der Waals surface area contributed by atoms with Crippen LogP contribution in [0.25, 0.3) is 11.0 Å². The molecule has 0 bridgehead atoms. The Kier molecular flexibility index (Phi) is 4.08. The zero-order chi connectivity index (χ0) is 14.7. The van der Waals surface area contributed by atoms with E-state index in [4.69, 9.17) is 9.52 Å². The van der Waals surface area contributed by atoms with Crippen molar-refractivity contribution in [1.29, 1.82) is 0 Å². The quantitative estimate of drug-likeness (QED) is 0.910. The first-order valence-corrected chi connectivity index (χ1v) is 6.53. The molecule has 0 aliphatic heterocycles. The third kappa shape index (κ3) is 2.66. The van der Waals surface area contributed by atoms with Crippen LogP contribution in [0.1, 0.15) is 30.6 Å². The highest BCUT2D eigenvalue weighted by molar-refractivity contribution is 6.06. The molecular weight excluding hydrogens is 258 g/mol. The highest BCUT2D eigenvalue weighted by Gasteiger charge is 2.25. The van der Waals surface area contributed by atoms with Gasteiger partial charge in [0.05, 0.1) is 5.56 Å². The molecule has 1 heterocycles. The fourth-order valence-electron chi connectivity index (χ4n) is 2.09. The molecule has 2 aromatic rings. The Balaban J connectivity index is 2.38. The lowest BCUT2D eigenvalue weighted by atomic mass is 10.1. The molecule has 1 atom stereocenters. The predicted octanol–water partition coefficient (Wildman–Crippen LogP) is 2.76. The lowest BCUT2D eigenvalue weighted by molar-refractivity contribution is -0.138. The van der Waals surface area contributed by atoms with Crippen molar-refractivity contribution < 1.29 is 19.1 Å². The van der Waals surface area contributed by atoms with Crippen LogP contribution in [0.4, 0.5) is 0 Å². The molecule has 5 heteroatoms. The van der Waals surface area contributed by atoms with Crippen LogP contribution >= 0.6 is 0 Å². The number of hydrogen-bond donors (Lipinski definition) is 1. The van der Waals surface area contributed by atoms with Crippen molar-refractivity contribution in [3.8, 4) is 0 Å². The van der Waals surface area contributed by atoms with Crippen LogP contribution in [-0.4, -0.2) is 34.5 Å². The Labute approximate surface area is 116 Å². The maximum atomic E-state index is 12.6. The first-order valence-electron chi connectivity index (χ1n) is 6.53. The van der Waals surface area contributed by atoms with E-state index in [0.29, 0.717) is 23.0 Å². The van der Waals surface area contributed by atoms with Crippen LogP contribution < -0.4 is 0 Å². The molecule has 0 spiro atoms. The molecule has 0 aliphatic rings. The van der Waals surface area contributed by atoms with Gasteiger partial charge >= 0.3 is 5.97 Å². The van der Waals surface area contributed by atoms with Crippen molar-refractivity contribution in [1.82, 2.24) is 4.90 Å². The van der Waals surface area contributed by atoms with Gasteiger partial charge in [-0.25, -0.2) is 0 Å². The minimum Gasteiger partial charge on any atom is -0.480 e. The molecule has 1 aromatic carbocycles. The average Bonchev–Trinajstić information content (AvgIpc) is 2.87. The van der Waals surface area contributed by atoms with E-state index < -0.39 is 5.97 Å². The van der Waals surface area contributed by atoms with Gasteiger partial charge in [-0.3, -0.25) is 9.59 Å². The number of carboxylic acids is 1. The van der Waals surface area contributed by atoms with E-state index in [2.05, 4.69) is 0 Å². The van der Waals surface area contributed by atoms with Gasteiger partial charge in [0.25, 0.3) is 5.91 Å². The number of furan rings is 1. The smallest absolute Gasteiger partial charge is 0.323 e. The molecule has 20 heavy (non-hydrogen) atoms. The summed E-state index contributed by atoms with van der Waals surface area (Å²) in [6.07, 6.45) is 2.08. The molecule has 0 saturated carbocycles. The van der Waals surface area contributed by atoms with E-state index in [-0.39, 0.29) is 18.5 Å². The van der Waals surface area contributed by atoms with Crippen molar-refractivity contribution in [3.63, 3.8) is 0 Å². The summed E-state index contributed by atoms with van der Waals surface area (Å²) in [5, 5.41) is 9.68. The van der Waals surface area contributed by atoms with Crippen LogP contribution in [0.3, 0.4) is 0 Å². The molecule has 1 N–H and O–H groups in total. The number of amides is 1. The number of carboxylic acid groups (broad SMARTS) is 1. The number of rotatable bonds is 5. The fraction of sp³-hybridized carbons (Fsp3) is 0.333. The maximum absolute atomic E-state index is 12.6. The van der Waals surface area contributed by atoms with Crippen LogP contribution in [0.15, 0.2) is 34.9 Å². The maximum Gasteiger partial charge on any atom is 0.323 e. The molecule has 0 radical (unpaired) electrons. The van der Waals surface area contributed by atoms with Gasteiger partial charge in [0.2, 0.25) is 0 Å². The molecule has 0 saturated heterocycles. The summed E-state index contributed by atoms with van der Waals surface area (Å²) in [4.78, 5) is 24.9. The molecule has 2 rings (SSSR count). The van der Waals surface area contributed by atoms with Gasteiger partial charge in [-0.05, 0) is 19.4 Å². The summed E-state index contributed by atoms with van der Waals surface area (Å²) in [5.74, 6) is -1.34. The van der Waals surface area contributed by atoms with Gasteiger partial charge < -0.3 is 14.4 Å². The number of para-hydroxylation sites is 1. The number of carbonyl (C=O) groups is 2. The number of hydrogen-bond acceptors (Lipinski definition) is 3. The molecule has 0 aliphatic carbocycles. The summed E-state index contributed by atoms with van der Waals surface area (Å²) >= 11 is 0. The van der Waals surface area contributed by atoms with Crippen LogP contribution in [0, 0.1) is 0 Å². The molecule has 1 amide bonds. The Morgan fingerprint density at radius 1 is 1.35 bits per heavy atom. The Hall–Kier alpha value is -2.30. The van der Waals surface area contributed by atoms with E-state index in [9.17, 15) is 9.59 Å². The summed E-state index contributed by atoms with van der Waals surface area (Å²) in [5.41, 5.74) is 1.03. The first kappa shape index (κ1) is 14.1. The minimum atomic E-state index is -1.02. The third-order valence-corrected chi connectivity index (χ3v) is 3.40. The van der Waals surface area contributed by atoms with Crippen molar-refractivity contribution in [2.45, 2.75) is 26.3 Å². The number of carbonyl (C=O) groups excluding carboxylic acids is 1. The normalized spacial score (nSPS) is 12.3. The molecule has 5 nitrogen and oxygen atoms in total. The van der Waals surface area contributed by atoms with Gasteiger partial charge in [0.15, 0.2) is 0 Å². The lowest BCUT2D eigenvalue weighted by Gasteiger charge is -2.26. The predicted molar refractivity (Wildman–Crippen MR) is 74.6 cm³/mol. The summed E-state index contributed by atoms with van der Waals surface area (Å²) in [6.45, 7) is 3.44. The second-order valence-corrected chi connectivity index (χ2v) is 4.73. The largest absolute Gasteiger partial charge is 0.480 e. The number of fused-ring (bicyclic) bond motifs is 1. The average molecular weight is 275 g/mol. The summed E-state index contributed by atoms with van der Waals surface area (Å²) < 4.78 is 5.34. The number of aliphatic carboxylic acids is 1. The number of nitrogens with zero attached hydrogens (tertiary/aromatic N) is 1. The third-order valence-electron chi connectivity index (χ3n) is 3.40. The second-order valence-electron chi connectivity index (χ2n) is 4.73. The Morgan fingerprint density at radius 3 is 2.70 bits per heavy atom. The van der Waals surface area contributed by atoms with Gasteiger partial charge in [0, 0.05) is 11.4 Å². The van der Waals surface area contributed by atoms with Crippen molar-refractivity contribution in [2.24, 2.45) is 0 Å². The van der Waals surface area contributed by atoms with Crippen LogP contribution in [-0.2, 0) is 4.79 Å². The van der Waals surface area contributed by atoms with Crippen LogP contribution in [0.2, 0.25) is 0 Å². The van der Waals surface area contributed by atoms with Crippen molar-refractivity contribution >= 4 is 22.8 Å². The van der Waals surface area contributed by atoms with Crippen molar-refractivity contribution in [2.75, 3.05) is 6.54 Å². The highest BCUT2D eigenvalue weighted by Crippen LogP contribution is 2.23. The van der Waals surface area contributed by atoms with Gasteiger partial charge in [0.1, 0.15) is 18.4 Å². The van der Waals surface area contributed by atoms with Gasteiger partial charge in [-0.1, -0.05) is 25.1 Å². The fourth-order valence-corrected chi connectivity index (χ4v) is 2.09. The Bertz CT molecular complexity index is 632. The monoisotopic (exact) mass is 275 g/mol. The van der Waals surface area contributed by atoms with E-state index in [0.717, 1.165) is 0 Å². The molecular formula is C15H17NO4. The highest BCUT2D eigenvalue weighted by atomic mass is 16.4. The van der Waals surface area contributed by atoms with Gasteiger partial charge in [-0.15, -0.1) is 0 Å². The van der Waals surface area contributed by atoms with E-state index in [1.807, 2.05) is 26.0 Å². The lowest BCUT2D eigenvalue weighted by Crippen LogP contribution is -2.41. The Morgan fingerprint density at radius 2 is 2.05 bits per heavy atom. The minimum absolute atomic E-state index is 0.146.